The van der Waals surface area contributed by atoms with E-state index in [0.717, 1.165) is 28.8 Å². The molecule has 0 radical (unpaired) electrons. The first-order chi connectivity index (χ1) is 14.8. The number of ketones is 1. The quantitative estimate of drug-likeness (QED) is 0.239. The van der Waals surface area contributed by atoms with Crippen LogP contribution in [0.3, 0.4) is 0 Å². The lowest BCUT2D eigenvalue weighted by molar-refractivity contribution is -0.133. The Hall–Kier alpha value is -3.25. The van der Waals surface area contributed by atoms with Gasteiger partial charge in [0, 0.05) is 34.8 Å². The van der Waals surface area contributed by atoms with E-state index in [0.29, 0.717) is 22.6 Å². The second-order valence-corrected chi connectivity index (χ2v) is 7.95. The van der Waals surface area contributed by atoms with E-state index >= 15 is 0 Å². The smallest absolute Gasteiger partial charge is 0.329 e. The van der Waals surface area contributed by atoms with Crippen LogP contribution in [0.25, 0.3) is 17.0 Å². The summed E-state index contributed by atoms with van der Waals surface area (Å²) in [5, 5.41) is 0.182. The van der Waals surface area contributed by atoms with Crippen molar-refractivity contribution in [2.75, 3.05) is 7.11 Å². The summed E-state index contributed by atoms with van der Waals surface area (Å²) in [6.45, 7) is 6.12. The van der Waals surface area contributed by atoms with Crippen LogP contribution in [0, 0.1) is 6.92 Å². The number of hydrogen-bond acceptors (Lipinski definition) is 5. The van der Waals surface area contributed by atoms with E-state index in [9.17, 15) is 9.59 Å². The molecule has 0 amide bonds. The number of Topliss-reactive ketones (excluding diaryl/α,β-unsaturated/α-hetero) is 1. The molecule has 3 aromatic rings. The van der Waals surface area contributed by atoms with Crippen LogP contribution in [0.1, 0.15) is 35.3 Å². The van der Waals surface area contributed by atoms with E-state index in [1.54, 1.807) is 32.2 Å². The maximum atomic E-state index is 13.0. The maximum Gasteiger partial charge on any atom is 0.329 e. The lowest BCUT2D eigenvalue weighted by atomic mass is 10.1. The lowest BCUT2D eigenvalue weighted by Gasteiger charge is -2.10. The number of hydrogen-bond donors (Lipinski definition) is 0. The van der Waals surface area contributed by atoms with E-state index in [4.69, 9.17) is 25.8 Å². The first kappa shape index (κ1) is 21.0. The third-order valence-corrected chi connectivity index (χ3v) is 5.50. The molecule has 1 aliphatic rings. The Morgan fingerprint density at radius 1 is 1.29 bits per heavy atom. The first-order valence-corrected chi connectivity index (χ1v) is 10.4. The van der Waals surface area contributed by atoms with Gasteiger partial charge in [-0.1, -0.05) is 0 Å². The zero-order valence-corrected chi connectivity index (χ0v) is 18.4. The molecule has 0 bridgehead atoms. The highest BCUT2D eigenvalue weighted by Gasteiger charge is 2.31. The number of alkyl halides is 1. The van der Waals surface area contributed by atoms with Gasteiger partial charge in [0.2, 0.25) is 5.78 Å². The van der Waals surface area contributed by atoms with Gasteiger partial charge in [-0.3, -0.25) is 9.59 Å². The van der Waals surface area contributed by atoms with Gasteiger partial charge in [0.15, 0.2) is 5.76 Å². The van der Waals surface area contributed by atoms with E-state index in [1.165, 1.54) is 6.92 Å². The minimum absolute atomic E-state index is 0.213. The van der Waals surface area contributed by atoms with Crippen LogP contribution in [0.4, 0.5) is 0 Å². The summed E-state index contributed by atoms with van der Waals surface area (Å²) in [5.41, 5.74) is 2.89. The standard InChI is InChI=1S/C24H22ClNO5/c1-5-26-12-15(18-11-16(29-4)6-8-19(18)26)10-21-22(27)17-7-9-20(13(2)23(17)30-21)31-24(28)14(3)25/h6-12,14H,5H2,1-4H3/b21-10-. The highest BCUT2D eigenvalue weighted by Crippen LogP contribution is 2.40. The van der Waals surface area contributed by atoms with Crippen molar-refractivity contribution in [3.8, 4) is 17.2 Å². The third-order valence-electron chi connectivity index (χ3n) is 5.32. The van der Waals surface area contributed by atoms with Crippen molar-refractivity contribution in [3.63, 3.8) is 0 Å². The number of carbonyl (C=O) groups excluding carboxylic acids is 2. The summed E-state index contributed by atoms with van der Waals surface area (Å²) in [6.07, 6.45) is 3.72. The van der Waals surface area contributed by atoms with Crippen LogP contribution < -0.4 is 14.2 Å². The molecule has 7 heteroatoms. The normalized spacial score (nSPS) is 15.1. The van der Waals surface area contributed by atoms with E-state index in [2.05, 4.69) is 11.5 Å². The average molecular weight is 440 g/mol. The topological polar surface area (TPSA) is 66.8 Å². The summed E-state index contributed by atoms with van der Waals surface area (Å²) in [6, 6.07) is 9.03. The number of aryl methyl sites for hydroxylation is 1. The van der Waals surface area contributed by atoms with Crippen LogP contribution in [0.15, 0.2) is 42.3 Å². The number of methoxy groups -OCH3 is 1. The molecular weight excluding hydrogens is 418 g/mol. The minimum atomic E-state index is -0.779. The Morgan fingerprint density at radius 2 is 2.06 bits per heavy atom. The lowest BCUT2D eigenvalue weighted by Crippen LogP contribution is -2.18. The van der Waals surface area contributed by atoms with Crippen molar-refractivity contribution in [1.29, 1.82) is 0 Å². The molecule has 1 atom stereocenters. The molecule has 2 heterocycles. The van der Waals surface area contributed by atoms with Gasteiger partial charge in [-0.25, -0.2) is 0 Å². The number of halogens is 1. The van der Waals surface area contributed by atoms with E-state index in [-0.39, 0.29) is 11.5 Å². The van der Waals surface area contributed by atoms with Crippen LogP contribution in [0.2, 0.25) is 0 Å². The Balaban J connectivity index is 1.74. The van der Waals surface area contributed by atoms with Crippen LogP contribution in [-0.4, -0.2) is 28.8 Å². The second kappa shape index (κ2) is 8.12. The fourth-order valence-electron chi connectivity index (χ4n) is 3.62. The molecule has 31 heavy (non-hydrogen) atoms. The number of rotatable bonds is 5. The number of ether oxygens (including phenoxy) is 3. The van der Waals surface area contributed by atoms with Crippen molar-refractivity contribution in [1.82, 2.24) is 4.57 Å². The van der Waals surface area contributed by atoms with Gasteiger partial charge >= 0.3 is 5.97 Å². The van der Waals surface area contributed by atoms with E-state index in [1.807, 2.05) is 24.4 Å². The molecule has 4 rings (SSSR count). The molecule has 1 aromatic heterocycles. The Bertz CT molecular complexity index is 1240. The molecule has 0 N–H and O–H groups in total. The van der Waals surface area contributed by atoms with Crippen molar-refractivity contribution >= 4 is 40.3 Å². The second-order valence-electron chi connectivity index (χ2n) is 7.30. The molecule has 0 saturated heterocycles. The van der Waals surface area contributed by atoms with Gasteiger partial charge in [0.25, 0.3) is 0 Å². The highest BCUT2D eigenvalue weighted by molar-refractivity contribution is 6.29. The fraction of sp³-hybridized carbons (Fsp3) is 0.250. The van der Waals surface area contributed by atoms with Crippen molar-refractivity contribution < 1.29 is 23.8 Å². The maximum absolute atomic E-state index is 13.0. The van der Waals surface area contributed by atoms with Crippen molar-refractivity contribution in [3.05, 3.63) is 59.0 Å². The highest BCUT2D eigenvalue weighted by atomic mass is 35.5. The molecule has 6 nitrogen and oxygen atoms in total. The molecule has 0 saturated carbocycles. The fourth-order valence-corrected chi connectivity index (χ4v) is 3.66. The average Bonchev–Trinajstić information content (AvgIpc) is 3.27. The molecule has 1 aliphatic heterocycles. The zero-order chi connectivity index (χ0) is 22.3. The molecule has 1 unspecified atom stereocenters. The van der Waals surface area contributed by atoms with Crippen molar-refractivity contribution in [2.45, 2.75) is 32.7 Å². The van der Waals surface area contributed by atoms with E-state index < -0.39 is 11.3 Å². The van der Waals surface area contributed by atoms with Gasteiger partial charge in [-0.15, -0.1) is 11.6 Å². The summed E-state index contributed by atoms with van der Waals surface area (Å²) in [7, 11) is 1.62. The molecule has 0 aliphatic carbocycles. The number of aromatic nitrogens is 1. The monoisotopic (exact) mass is 439 g/mol. The Labute approximate surface area is 185 Å². The predicted octanol–water partition coefficient (Wildman–Crippen LogP) is 5.13. The van der Waals surface area contributed by atoms with Gasteiger partial charge in [-0.05, 0) is 57.2 Å². The van der Waals surface area contributed by atoms with Crippen molar-refractivity contribution in [2.24, 2.45) is 0 Å². The summed E-state index contributed by atoms with van der Waals surface area (Å²) >= 11 is 5.79. The van der Waals surface area contributed by atoms with Crippen LogP contribution in [0.5, 0.6) is 17.2 Å². The minimum Gasteiger partial charge on any atom is -0.497 e. The number of fused-ring (bicyclic) bond motifs is 2. The molecule has 160 valence electrons. The first-order valence-electron chi connectivity index (χ1n) is 9.94. The zero-order valence-electron chi connectivity index (χ0n) is 17.7. The molecule has 0 spiro atoms. The Morgan fingerprint density at radius 3 is 2.74 bits per heavy atom. The molecular formula is C24H22ClNO5. The summed E-state index contributed by atoms with van der Waals surface area (Å²) < 4.78 is 18.7. The van der Waals surface area contributed by atoms with Crippen LogP contribution in [-0.2, 0) is 11.3 Å². The third kappa shape index (κ3) is 3.68. The number of esters is 1. The van der Waals surface area contributed by atoms with Crippen LogP contribution >= 0.6 is 11.6 Å². The SMILES string of the molecule is CCn1cc(/C=C2\Oc3c(ccc(OC(=O)C(C)Cl)c3C)C2=O)c2cc(OC)ccc21. The van der Waals surface area contributed by atoms with Gasteiger partial charge in [0.1, 0.15) is 22.6 Å². The summed E-state index contributed by atoms with van der Waals surface area (Å²) in [4.78, 5) is 24.8. The predicted molar refractivity (Wildman–Crippen MR) is 119 cm³/mol. The molecule has 2 aromatic carbocycles. The number of nitrogens with zero attached hydrogens (tertiary/aromatic N) is 1. The van der Waals surface area contributed by atoms with Gasteiger partial charge < -0.3 is 18.8 Å². The van der Waals surface area contributed by atoms with Gasteiger partial charge in [-0.2, -0.15) is 0 Å². The largest absolute Gasteiger partial charge is 0.497 e. The van der Waals surface area contributed by atoms with Gasteiger partial charge in [0.05, 0.1) is 12.7 Å². The Kier molecular flexibility index (Phi) is 5.50. The number of carbonyl (C=O) groups is 2. The molecule has 0 fully saturated rings. The number of benzene rings is 2. The summed E-state index contributed by atoms with van der Waals surface area (Å²) in [5.74, 6) is 0.871. The number of allylic oxidation sites excluding steroid dienone is 1.